The molecule has 5 heteroatoms. The van der Waals surface area contributed by atoms with Gasteiger partial charge in [-0.25, -0.2) is 0 Å². The van der Waals surface area contributed by atoms with Gasteiger partial charge in [0, 0.05) is 31.0 Å². The quantitative estimate of drug-likeness (QED) is 0.698. The monoisotopic (exact) mass is 281 g/mol. The molecule has 0 spiro atoms. The summed E-state index contributed by atoms with van der Waals surface area (Å²) in [6.07, 6.45) is -0.412. The summed E-state index contributed by atoms with van der Waals surface area (Å²) in [5.41, 5.74) is 2.15. The van der Waals surface area contributed by atoms with Crippen LogP contribution in [0.15, 0.2) is 24.3 Å². The van der Waals surface area contributed by atoms with E-state index in [4.69, 9.17) is 17.3 Å². The van der Waals surface area contributed by atoms with Gasteiger partial charge in [0.15, 0.2) is 5.11 Å². The van der Waals surface area contributed by atoms with Crippen molar-refractivity contribution < 1.29 is 5.11 Å². The fourth-order valence-electron chi connectivity index (χ4n) is 1.76. The summed E-state index contributed by atoms with van der Waals surface area (Å²) in [5.74, 6) is 0. The lowest BCUT2D eigenvalue weighted by Crippen LogP contribution is -2.33. The van der Waals surface area contributed by atoms with E-state index in [0.717, 1.165) is 18.8 Å². The van der Waals surface area contributed by atoms with E-state index in [0.29, 0.717) is 11.7 Å². The van der Waals surface area contributed by atoms with Gasteiger partial charge in [0.05, 0.1) is 6.10 Å². The highest BCUT2D eigenvalue weighted by atomic mass is 32.1. The van der Waals surface area contributed by atoms with Crippen molar-refractivity contribution in [3.05, 3.63) is 24.3 Å². The van der Waals surface area contributed by atoms with Crippen LogP contribution in [-0.4, -0.2) is 36.0 Å². The third-order valence-corrected chi connectivity index (χ3v) is 3.06. The molecule has 3 N–H and O–H groups in total. The molecule has 0 aliphatic rings. The number of aliphatic hydroxyl groups excluding tert-OH is 1. The van der Waals surface area contributed by atoms with E-state index in [1.165, 1.54) is 5.69 Å². The molecule has 106 valence electrons. The molecule has 0 aromatic heterocycles. The molecule has 0 bridgehead atoms. The molecule has 0 amide bonds. The maximum Gasteiger partial charge on any atom is 0.170 e. The Labute approximate surface area is 120 Å². The van der Waals surface area contributed by atoms with Gasteiger partial charge in [0.2, 0.25) is 0 Å². The van der Waals surface area contributed by atoms with Gasteiger partial charge in [0.25, 0.3) is 0 Å². The third kappa shape index (κ3) is 5.44. The molecular formula is C14H23N3OS. The first kappa shape index (κ1) is 15.7. The zero-order valence-corrected chi connectivity index (χ0v) is 12.6. The molecule has 19 heavy (non-hydrogen) atoms. The summed E-state index contributed by atoms with van der Waals surface area (Å²) < 4.78 is 0. The maximum atomic E-state index is 9.16. The van der Waals surface area contributed by atoms with E-state index in [2.05, 4.69) is 41.5 Å². The minimum atomic E-state index is -0.412. The zero-order chi connectivity index (χ0) is 14.3. The summed E-state index contributed by atoms with van der Waals surface area (Å²) in [6.45, 7) is 8.45. The molecule has 0 saturated heterocycles. The van der Waals surface area contributed by atoms with Crippen LogP contribution in [-0.2, 0) is 0 Å². The van der Waals surface area contributed by atoms with Crippen LogP contribution in [0, 0.1) is 0 Å². The molecule has 1 unspecified atom stereocenters. The molecular weight excluding hydrogens is 258 g/mol. The first-order chi connectivity index (χ1) is 9.06. The van der Waals surface area contributed by atoms with Gasteiger partial charge >= 0.3 is 0 Å². The second-order valence-electron chi connectivity index (χ2n) is 4.40. The summed E-state index contributed by atoms with van der Waals surface area (Å²) >= 11 is 5.14. The molecule has 0 saturated carbocycles. The van der Waals surface area contributed by atoms with Crippen molar-refractivity contribution in [1.29, 1.82) is 0 Å². The van der Waals surface area contributed by atoms with Gasteiger partial charge < -0.3 is 20.6 Å². The average Bonchev–Trinajstić information content (AvgIpc) is 2.40. The summed E-state index contributed by atoms with van der Waals surface area (Å²) in [6, 6.07) is 8.16. The molecule has 0 aliphatic carbocycles. The van der Waals surface area contributed by atoms with Crippen molar-refractivity contribution in [2.24, 2.45) is 0 Å². The number of benzene rings is 1. The van der Waals surface area contributed by atoms with E-state index < -0.39 is 6.10 Å². The summed E-state index contributed by atoms with van der Waals surface area (Å²) in [4.78, 5) is 2.29. The van der Waals surface area contributed by atoms with Crippen molar-refractivity contribution in [1.82, 2.24) is 5.32 Å². The molecule has 0 radical (unpaired) electrons. The standard InChI is InChI=1S/C14H23N3OS/c1-4-17(5-2)13-8-6-12(7-9-13)16-14(19)15-10-11(3)18/h6-9,11,18H,4-5,10H2,1-3H3,(H2,15,16,19). The van der Waals surface area contributed by atoms with Gasteiger partial charge in [-0.3, -0.25) is 0 Å². The number of hydrogen-bond donors (Lipinski definition) is 3. The van der Waals surface area contributed by atoms with Crippen LogP contribution < -0.4 is 15.5 Å². The molecule has 4 nitrogen and oxygen atoms in total. The molecule has 1 atom stereocenters. The fraction of sp³-hybridized carbons (Fsp3) is 0.500. The largest absolute Gasteiger partial charge is 0.392 e. The smallest absolute Gasteiger partial charge is 0.170 e. The molecule has 1 aromatic rings. The Bertz CT molecular complexity index is 388. The second-order valence-corrected chi connectivity index (χ2v) is 4.81. The van der Waals surface area contributed by atoms with E-state index in [1.807, 2.05) is 12.1 Å². The molecule has 0 aliphatic heterocycles. The van der Waals surface area contributed by atoms with E-state index in [9.17, 15) is 0 Å². The van der Waals surface area contributed by atoms with Crippen LogP contribution in [0.1, 0.15) is 20.8 Å². The van der Waals surface area contributed by atoms with Crippen LogP contribution in [0.2, 0.25) is 0 Å². The van der Waals surface area contributed by atoms with Crippen LogP contribution in [0.4, 0.5) is 11.4 Å². The zero-order valence-electron chi connectivity index (χ0n) is 11.8. The van der Waals surface area contributed by atoms with Gasteiger partial charge in [-0.15, -0.1) is 0 Å². The lowest BCUT2D eigenvalue weighted by molar-refractivity contribution is 0.198. The van der Waals surface area contributed by atoms with Gasteiger partial charge in [-0.05, 0) is 57.3 Å². The highest BCUT2D eigenvalue weighted by Gasteiger charge is 2.03. The predicted molar refractivity (Wildman–Crippen MR) is 85.9 cm³/mol. The first-order valence-electron chi connectivity index (χ1n) is 6.64. The topological polar surface area (TPSA) is 47.5 Å². The normalized spacial score (nSPS) is 11.8. The van der Waals surface area contributed by atoms with Crippen molar-refractivity contribution in [3.8, 4) is 0 Å². The predicted octanol–water partition coefficient (Wildman–Crippen LogP) is 2.20. The second kappa shape index (κ2) is 7.96. The Morgan fingerprint density at radius 2 is 1.84 bits per heavy atom. The Morgan fingerprint density at radius 1 is 1.26 bits per heavy atom. The third-order valence-electron chi connectivity index (χ3n) is 2.81. The van der Waals surface area contributed by atoms with Crippen molar-refractivity contribution in [2.75, 3.05) is 29.9 Å². The van der Waals surface area contributed by atoms with Crippen molar-refractivity contribution >= 4 is 28.7 Å². The van der Waals surface area contributed by atoms with Gasteiger partial charge in [-0.1, -0.05) is 0 Å². The number of thiocarbonyl (C=S) groups is 1. The highest BCUT2D eigenvalue weighted by Crippen LogP contribution is 2.17. The number of anilines is 2. The van der Waals surface area contributed by atoms with E-state index in [-0.39, 0.29) is 0 Å². The number of nitrogens with zero attached hydrogens (tertiary/aromatic N) is 1. The minimum absolute atomic E-state index is 0.412. The lowest BCUT2D eigenvalue weighted by Gasteiger charge is -2.21. The first-order valence-corrected chi connectivity index (χ1v) is 7.05. The van der Waals surface area contributed by atoms with E-state index in [1.54, 1.807) is 6.92 Å². The number of rotatable bonds is 6. The maximum absolute atomic E-state index is 9.16. The molecule has 0 heterocycles. The summed E-state index contributed by atoms with van der Waals surface area (Å²) in [7, 11) is 0. The fourth-order valence-corrected chi connectivity index (χ4v) is 1.96. The lowest BCUT2D eigenvalue weighted by atomic mass is 10.2. The number of hydrogen-bond acceptors (Lipinski definition) is 3. The van der Waals surface area contributed by atoms with Crippen LogP contribution in [0.5, 0.6) is 0 Å². The SMILES string of the molecule is CCN(CC)c1ccc(NC(=S)NCC(C)O)cc1. The number of nitrogens with one attached hydrogen (secondary N) is 2. The van der Waals surface area contributed by atoms with E-state index >= 15 is 0 Å². The molecule has 1 rings (SSSR count). The Balaban J connectivity index is 2.54. The van der Waals surface area contributed by atoms with Gasteiger partial charge in [-0.2, -0.15) is 0 Å². The number of aliphatic hydroxyl groups is 1. The Kier molecular flexibility index (Phi) is 6.59. The Morgan fingerprint density at radius 3 is 2.32 bits per heavy atom. The van der Waals surface area contributed by atoms with Crippen LogP contribution >= 0.6 is 12.2 Å². The van der Waals surface area contributed by atoms with Crippen molar-refractivity contribution in [3.63, 3.8) is 0 Å². The van der Waals surface area contributed by atoms with Crippen molar-refractivity contribution in [2.45, 2.75) is 26.9 Å². The summed E-state index contributed by atoms with van der Waals surface area (Å²) in [5, 5.41) is 15.7. The minimum Gasteiger partial charge on any atom is -0.392 e. The molecule has 0 fully saturated rings. The molecule has 1 aromatic carbocycles. The van der Waals surface area contributed by atoms with Gasteiger partial charge in [0.1, 0.15) is 0 Å². The highest BCUT2D eigenvalue weighted by molar-refractivity contribution is 7.80. The Hall–Kier alpha value is -1.33. The van der Waals surface area contributed by atoms with Crippen LogP contribution in [0.25, 0.3) is 0 Å². The average molecular weight is 281 g/mol. The van der Waals surface area contributed by atoms with Crippen LogP contribution in [0.3, 0.4) is 0 Å².